The van der Waals surface area contributed by atoms with Crippen molar-refractivity contribution < 1.29 is 19.0 Å². The molecule has 2 aromatic rings. The van der Waals surface area contributed by atoms with Gasteiger partial charge in [0.15, 0.2) is 11.5 Å². The van der Waals surface area contributed by atoms with Crippen LogP contribution in [0, 0.1) is 5.82 Å². The molecule has 1 heterocycles. The normalized spacial score (nSPS) is 14.5. The summed E-state index contributed by atoms with van der Waals surface area (Å²) in [7, 11) is 1.43. The molecule has 132 valence electrons. The number of anilines is 1. The molecule has 0 saturated carbocycles. The predicted octanol–water partition coefficient (Wildman–Crippen LogP) is 3.26. The number of ether oxygens (including phenoxy) is 1. The highest BCUT2D eigenvalue weighted by Crippen LogP contribution is 2.35. The smallest absolute Gasteiger partial charge is 0.254 e. The van der Waals surface area contributed by atoms with E-state index in [-0.39, 0.29) is 23.2 Å². The fraction of sp³-hybridized carbons (Fsp3) is 0.278. The number of aromatic hydroxyl groups is 1. The van der Waals surface area contributed by atoms with Gasteiger partial charge in [-0.05, 0) is 40.2 Å². The van der Waals surface area contributed by atoms with Crippen molar-refractivity contribution in [3.63, 3.8) is 0 Å². The number of nitrogens with zero attached hydrogens (tertiary/aromatic N) is 2. The second kappa shape index (κ2) is 7.31. The first-order chi connectivity index (χ1) is 12.0. The molecule has 1 N–H and O–H groups in total. The number of phenolic OH excluding ortho intramolecular Hbond substituents is 1. The van der Waals surface area contributed by atoms with Gasteiger partial charge in [0.1, 0.15) is 5.82 Å². The van der Waals surface area contributed by atoms with Crippen LogP contribution in [0.2, 0.25) is 0 Å². The van der Waals surface area contributed by atoms with Gasteiger partial charge in [0.25, 0.3) is 5.91 Å². The molecule has 0 aromatic heterocycles. The fourth-order valence-corrected chi connectivity index (χ4v) is 3.34. The molecule has 1 aliphatic rings. The van der Waals surface area contributed by atoms with E-state index in [2.05, 4.69) is 15.9 Å². The lowest BCUT2D eigenvalue weighted by atomic mass is 10.1. The minimum atomic E-state index is -0.255. The van der Waals surface area contributed by atoms with Crippen molar-refractivity contribution in [2.75, 3.05) is 38.2 Å². The number of phenols is 1. The zero-order valence-electron chi connectivity index (χ0n) is 13.7. The molecule has 25 heavy (non-hydrogen) atoms. The van der Waals surface area contributed by atoms with Gasteiger partial charge in [-0.25, -0.2) is 4.39 Å². The van der Waals surface area contributed by atoms with Gasteiger partial charge in [0, 0.05) is 31.7 Å². The van der Waals surface area contributed by atoms with Crippen LogP contribution in [0.1, 0.15) is 10.4 Å². The van der Waals surface area contributed by atoms with Gasteiger partial charge in [-0.1, -0.05) is 12.1 Å². The molecule has 1 amide bonds. The molecule has 0 spiro atoms. The lowest BCUT2D eigenvalue weighted by molar-refractivity contribution is 0.0746. The molecular formula is C18H18BrFN2O3. The predicted molar refractivity (Wildman–Crippen MR) is 96.9 cm³/mol. The van der Waals surface area contributed by atoms with Gasteiger partial charge < -0.3 is 19.6 Å². The molecule has 1 fully saturated rings. The van der Waals surface area contributed by atoms with Crippen LogP contribution in [0.5, 0.6) is 11.5 Å². The molecule has 5 nitrogen and oxygen atoms in total. The first-order valence-corrected chi connectivity index (χ1v) is 8.66. The van der Waals surface area contributed by atoms with Crippen LogP contribution in [0.3, 0.4) is 0 Å². The van der Waals surface area contributed by atoms with Crippen molar-refractivity contribution in [1.29, 1.82) is 0 Å². The summed E-state index contributed by atoms with van der Waals surface area (Å²) in [4.78, 5) is 16.4. The summed E-state index contributed by atoms with van der Waals surface area (Å²) in [6.45, 7) is 2.11. The Labute approximate surface area is 153 Å². The van der Waals surface area contributed by atoms with E-state index < -0.39 is 0 Å². The number of rotatable bonds is 3. The number of piperazine rings is 1. The number of carbonyl (C=O) groups is 1. The zero-order chi connectivity index (χ0) is 18.0. The summed E-state index contributed by atoms with van der Waals surface area (Å²) in [5.41, 5.74) is 0.990. The number of carbonyl (C=O) groups excluding carboxylic acids is 1. The average molecular weight is 409 g/mol. The lowest BCUT2D eigenvalue weighted by Crippen LogP contribution is -2.49. The number of hydrogen-bond donors (Lipinski definition) is 1. The third-order valence-corrected chi connectivity index (χ3v) is 4.86. The topological polar surface area (TPSA) is 53.0 Å². The number of methoxy groups -OCH3 is 1. The number of benzene rings is 2. The molecule has 0 aliphatic carbocycles. The van der Waals surface area contributed by atoms with Gasteiger partial charge in [-0.3, -0.25) is 4.79 Å². The Kier molecular flexibility index (Phi) is 5.13. The van der Waals surface area contributed by atoms with Crippen LogP contribution < -0.4 is 9.64 Å². The maximum absolute atomic E-state index is 13.9. The van der Waals surface area contributed by atoms with Crippen molar-refractivity contribution >= 4 is 27.5 Å². The fourth-order valence-electron chi connectivity index (χ4n) is 2.89. The van der Waals surface area contributed by atoms with Crippen LogP contribution in [0.4, 0.5) is 10.1 Å². The van der Waals surface area contributed by atoms with E-state index in [4.69, 9.17) is 4.74 Å². The summed E-state index contributed by atoms with van der Waals surface area (Å²) in [5.74, 6) is -0.201. The molecule has 1 aliphatic heterocycles. The molecular weight excluding hydrogens is 391 g/mol. The quantitative estimate of drug-likeness (QED) is 0.846. The Hall–Kier alpha value is -2.28. The third-order valence-electron chi connectivity index (χ3n) is 4.26. The van der Waals surface area contributed by atoms with E-state index in [1.807, 2.05) is 4.90 Å². The Morgan fingerprint density at radius 3 is 2.52 bits per heavy atom. The van der Waals surface area contributed by atoms with E-state index in [9.17, 15) is 14.3 Å². The van der Waals surface area contributed by atoms with Crippen LogP contribution in [-0.2, 0) is 0 Å². The molecule has 3 rings (SSSR count). The minimum absolute atomic E-state index is 0.0385. The second-order valence-corrected chi connectivity index (χ2v) is 6.59. The summed E-state index contributed by atoms with van der Waals surface area (Å²) in [6, 6.07) is 9.74. The van der Waals surface area contributed by atoms with E-state index >= 15 is 0 Å². The van der Waals surface area contributed by atoms with Crippen LogP contribution >= 0.6 is 15.9 Å². The van der Waals surface area contributed by atoms with Crippen molar-refractivity contribution in [3.8, 4) is 11.5 Å². The van der Waals surface area contributed by atoms with Crippen molar-refractivity contribution in [2.45, 2.75) is 0 Å². The van der Waals surface area contributed by atoms with Crippen molar-refractivity contribution in [3.05, 3.63) is 52.3 Å². The van der Waals surface area contributed by atoms with E-state index in [0.29, 0.717) is 41.9 Å². The molecule has 2 aromatic carbocycles. The van der Waals surface area contributed by atoms with Gasteiger partial charge in [-0.2, -0.15) is 0 Å². The van der Waals surface area contributed by atoms with Crippen molar-refractivity contribution in [1.82, 2.24) is 4.90 Å². The zero-order valence-corrected chi connectivity index (χ0v) is 15.3. The Bertz CT molecular complexity index is 792. The number of halogens is 2. The SMILES string of the molecule is COc1cc(C(=O)N2CCN(c3ccccc3F)CC2)cc(Br)c1O. The lowest BCUT2D eigenvalue weighted by Gasteiger charge is -2.36. The van der Waals surface area contributed by atoms with Crippen LogP contribution in [-0.4, -0.2) is 49.2 Å². The first kappa shape index (κ1) is 17.5. The second-order valence-electron chi connectivity index (χ2n) is 5.74. The number of hydrogen-bond acceptors (Lipinski definition) is 4. The minimum Gasteiger partial charge on any atom is -0.503 e. The summed E-state index contributed by atoms with van der Waals surface area (Å²) < 4.78 is 19.4. The molecule has 0 unspecified atom stereocenters. The highest BCUT2D eigenvalue weighted by Gasteiger charge is 2.24. The molecule has 0 bridgehead atoms. The van der Waals surface area contributed by atoms with E-state index in [0.717, 1.165) is 0 Å². The highest BCUT2D eigenvalue weighted by atomic mass is 79.9. The molecule has 7 heteroatoms. The highest BCUT2D eigenvalue weighted by molar-refractivity contribution is 9.10. The van der Waals surface area contributed by atoms with Gasteiger partial charge in [0.05, 0.1) is 17.3 Å². The van der Waals surface area contributed by atoms with Gasteiger partial charge in [0.2, 0.25) is 0 Å². The van der Waals surface area contributed by atoms with Gasteiger partial charge in [-0.15, -0.1) is 0 Å². The Morgan fingerprint density at radius 2 is 1.88 bits per heavy atom. The number of amides is 1. The number of para-hydroxylation sites is 1. The molecule has 1 saturated heterocycles. The first-order valence-electron chi connectivity index (χ1n) is 7.86. The molecule has 0 radical (unpaired) electrons. The Balaban J connectivity index is 1.72. The Morgan fingerprint density at radius 1 is 1.20 bits per heavy atom. The van der Waals surface area contributed by atoms with Crippen molar-refractivity contribution in [2.24, 2.45) is 0 Å². The van der Waals surface area contributed by atoms with E-state index in [1.165, 1.54) is 19.2 Å². The third kappa shape index (κ3) is 3.56. The summed E-state index contributed by atoms with van der Waals surface area (Å²) in [6.07, 6.45) is 0. The maximum Gasteiger partial charge on any atom is 0.254 e. The van der Waals surface area contributed by atoms with Crippen LogP contribution in [0.15, 0.2) is 40.9 Å². The van der Waals surface area contributed by atoms with Gasteiger partial charge >= 0.3 is 0 Å². The summed E-state index contributed by atoms with van der Waals surface area (Å²) in [5, 5.41) is 9.86. The largest absolute Gasteiger partial charge is 0.503 e. The average Bonchev–Trinajstić information content (AvgIpc) is 2.64. The van der Waals surface area contributed by atoms with Crippen LogP contribution in [0.25, 0.3) is 0 Å². The van der Waals surface area contributed by atoms with E-state index in [1.54, 1.807) is 29.2 Å². The summed E-state index contributed by atoms with van der Waals surface area (Å²) >= 11 is 3.23. The molecule has 0 atom stereocenters. The maximum atomic E-state index is 13.9. The monoisotopic (exact) mass is 408 g/mol. The standard InChI is InChI=1S/C18H18BrFN2O3/c1-25-16-11-12(10-13(19)17(16)23)18(24)22-8-6-21(7-9-22)15-5-3-2-4-14(15)20/h2-5,10-11,23H,6-9H2,1H3.